The van der Waals surface area contributed by atoms with E-state index < -0.39 is 23.3 Å². The lowest BCUT2D eigenvalue weighted by Crippen LogP contribution is -2.50. The summed E-state index contributed by atoms with van der Waals surface area (Å²) in [5.41, 5.74) is 2.15. The van der Waals surface area contributed by atoms with E-state index in [1.807, 2.05) is 6.07 Å². The molecule has 6 nitrogen and oxygen atoms in total. The molecule has 2 amide bonds. The van der Waals surface area contributed by atoms with E-state index in [-0.39, 0.29) is 22.6 Å². The van der Waals surface area contributed by atoms with E-state index in [0.29, 0.717) is 33.9 Å². The summed E-state index contributed by atoms with van der Waals surface area (Å²) in [6.45, 7) is 5.73. The van der Waals surface area contributed by atoms with E-state index in [9.17, 15) is 14.4 Å². The molecule has 1 aliphatic carbocycles. The number of rotatable bonds is 7. The Morgan fingerprint density at radius 1 is 1.00 bits per heavy atom. The molecule has 1 saturated carbocycles. The van der Waals surface area contributed by atoms with Crippen LogP contribution in [-0.2, 0) is 9.59 Å². The largest absolute Gasteiger partial charge is 0.328 e. The summed E-state index contributed by atoms with van der Waals surface area (Å²) in [6, 6.07) is 16.0. The van der Waals surface area contributed by atoms with E-state index in [2.05, 4.69) is 29.8 Å². The third-order valence-corrected chi connectivity index (χ3v) is 8.78. The van der Waals surface area contributed by atoms with Crippen molar-refractivity contribution >= 4 is 52.7 Å². The van der Waals surface area contributed by atoms with Crippen molar-refractivity contribution in [1.82, 2.24) is 5.32 Å². The molecule has 2 aliphatic rings. The number of carbonyl (C=O) groups is 3. The number of ketones is 1. The molecular weight excluding hydrogens is 588 g/mol. The van der Waals surface area contributed by atoms with Crippen LogP contribution in [-0.4, -0.2) is 29.7 Å². The lowest BCUT2D eigenvalue weighted by Gasteiger charge is -2.41. The van der Waals surface area contributed by atoms with Gasteiger partial charge in [0, 0.05) is 39.3 Å². The van der Waals surface area contributed by atoms with Crippen LogP contribution < -0.4 is 16.0 Å². The van der Waals surface area contributed by atoms with E-state index in [1.54, 1.807) is 48.5 Å². The summed E-state index contributed by atoms with van der Waals surface area (Å²) < 4.78 is 15.8. The van der Waals surface area contributed by atoms with Gasteiger partial charge in [0.15, 0.2) is 5.78 Å². The number of hydrogen-bond donors (Lipinski definition) is 3. The maximum Gasteiger partial charge on any atom is 0.242 e. The number of nitrogens with one attached hydrogen (secondary N) is 3. The predicted molar refractivity (Wildman–Crippen MR) is 172 cm³/mol. The molecular formula is C34H38Cl2FN3O3. The third kappa shape index (κ3) is 7.11. The molecule has 1 heterocycles. The third-order valence-electron chi connectivity index (χ3n) is 8.25. The van der Waals surface area contributed by atoms with E-state index in [0.717, 1.165) is 37.7 Å². The van der Waals surface area contributed by atoms with Gasteiger partial charge in [-0.05, 0) is 73.4 Å². The van der Waals surface area contributed by atoms with Gasteiger partial charge in [-0.25, -0.2) is 4.39 Å². The molecule has 0 bridgehead atoms. The molecule has 1 saturated heterocycles. The van der Waals surface area contributed by atoms with Crippen LogP contribution in [0.4, 0.5) is 15.8 Å². The topological polar surface area (TPSA) is 87.3 Å². The minimum atomic E-state index is -0.816. The SMILES string of the molecule is CC(=O)c1ccc(NC(=O)[C@@H]2NC3(CCCCC3)C(c3ccc(Cl)cc3NC=O)[C@H]2c2cccc(Cl)c2F)cc1.CCC. The first-order chi connectivity index (χ1) is 20.7. The zero-order valence-electron chi connectivity index (χ0n) is 24.7. The van der Waals surface area contributed by atoms with Crippen molar-refractivity contribution in [2.45, 2.75) is 82.7 Å². The summed E-state index contributed by atoms with van der Waals surface area (Å²) in [6.07, 6.45) is 6.34. The number of amides is 2. The van der Waals surface area contributed by atoms with E-state index in [4.69, 9.17) is 23.2 Å². The fraction of sp³-hybridized carbons (Fsp3) is 0.382. The Labute approximate surface area is 262 Å². The number of Topliss-reactive ketones (excluding diaryl/α,β-unsaturated/α-hetero) is 1. The highest BCUT2D eigenvalue weighted by atomic mass is 35.5. The van der Waals surface area contributed by atoms with Gasteiger partial charge in [0.25, 0.3) is 0 Å². The minimum absolute atomic E-state index is 0.0258. The van der Waals surface area contributed by atoms with Crippen LogP contribution in [0, 0.1) is 5.82 Å². The van der Waals surface area contributed by atoms with Crippen molar-refractivity contribution < 1.29 is 18.8 Å². The first-order valence-electron chi connectivity index (χ1n) is 14.8. The smallest absolute Gasteiger partial charge is 0.242 e. The Bertz CT molecular complexity index is 1460. The van der Waals surface area contributed by atoms with Crippen LogP contribution in [0.3, 0.4) is 0 Å². The second kappa shape index (κ2) is 14.5. The molecule has 3 aromatic carbocycles. The Hall–Kier alpha value is -3.26. The molecule has 1 spiro atoms. The molecule has 2 fully saturated rings. The van der Waals surface area contributed by atoms with Crippen molar-refractivity contribution in [1.29, 1.82) is 0 Å². The second-order valence-corrected chi connectivity index (χ2v) is 12.2. The van der Waals surface area contributed by atoms with Gasteiger partial charge in [-0.1, -0.05) is 80.9 Å². The molecule has 0 radical (unpaired) electrons. The average molecular weight is 627 g/mol. The molecule has 3 N–H and O–H groups in total. The summed E-state index contributed by atoms with van der Waals surface area (Å²) in [4.78, 5) is 37.3. The molecule has 0 aromatic heterocycles. The quantitative estimate of drug-likeness (QED) is 0.181. The zero-order valence-corrected chi connectivity index (χ0v) is 26.2. The fourth-order valence-electron chi connectivity index (χ4n) is 6.52. The van der Waals surface area contributed by atoms with Crippen molar-refractivity contribution in [3.05, 3.63) is 93.2 Å². The van der Waals surface area contributed by atoms with Crippen LogP contribution in [0.2, 0.25) is 10.0 Å². The number of hydrogen-bond acceptors (Lipinski definition) is 4. The lowest BCUT2D eigenvalue weighted by atomic mass is 9.66. The van der Waals surface area contributed by atoms with Crippen LogP contribution in [0.25, 0.3) is 0 Å². The summed E-state index contributed by atoms with van der Waals surface area (Å²) in [5, 5.41) is 9.82. The molecule has 1 unspecified atom stereocenters. The molecule has 228 valence electrons. The normalized spacial score (nSPS) is 20.6. The van der Waals surface area contributed by atoms with Crippen molar-refractivity contribution in [2.24, 2.45) is 0 Å². The highest BCUT2D eigenvalue weighted by Gasteiger charge is 2.57. The monoisotopic (exact) mass is 625 g/mol. The summed E-state index contributed by atoms with van der Waals surface area (Å²) in [5.74, 6) is -2.00. The molecule has 9 heteroatoms. The van der Waals surface area contributed by atoms with Gasteiger partial charge < -0.3 is 10.6 Å². The van der Waals surface area contributed by atoms with Gasteiger partial charge in [0.05, 0.1) is 11.1 Å². The Kier molecular flexibility index (Phi) is 11.0. The Morgan fingerprint density at radius 3 is 2.30 bits per heavy atom. The van der Waals surface area contributed by atoms with E-state index >= 15 is 4.39 Å². The highest BCUT2D eigenvalue weighted by molar-refractivity contribution is 6.31. The van der Waals surface area contributed by atoms with Crippen LogP contribution >= 0.6 is 23.2 Å². The van der Waals surface area contributed by atoms with Gasteiger partial charge in [-0.3, -0.25) is 19.7 Å². The predicted octanol–water partition coefficient (Wildman–Crippen LogP) is 8.50. The van der Waals surface area contributed by atoms with Crippen LogP contribution in [0.5, 0.6) is 0 Å². The van der Waals surface area contributed by atoms with Crippen molar-refractivity contribution in [2.75, 3.05) is 10.6 Å². The maximum atomic E-state index is 15.8. The molecule has 5 rings (SSSR count). The Morgan fingerprint density at radius 2 is 1.67 bits per heavy atom. The zero-order chi connectivity index (χ0) is 31.1. The standard InChI is InChI=1S/C31H30Cl2FN3O3.C3H8/c1-18(39)19-8-11-21(12-9-19)36-30(40)29-26(23-6-5-7-24(33)28(23)34)27(31(37-29)14-3-2-4-15-31)22-13-10-20(32)16-25(22)35-17-38;1-3-2/h5-13,16-17,26-27,29,37H,2-4,14-15H2,1H3,(H,35,38)(H,36,40);3H2,1-2H3/t26-,27?,29-;/m1./s1. The van der Waals surface area contributed by atoms with Crippen LogP contribution in [0.1, 0.15) is 92.6 Å². The van der Waals surface area contributed by atoms with Crippen molar-refractivity contribution in [3.63, 3.8) is 0 Å². The molecule has 3 aromatic rings. The lowest BCUT2D eigenvalue weighted by molar-refractivity contribution is -0.118. The van der Waals surface area contributed by atoms with Gasteiger partial charge in [0.1, 0.15) is 5.82 Å². The van der Waals surface area contributed by atoms with E-state index in [1.165, 1.54) is 19.4 Å². The minimum Gasteiger partial charge on any atom is -0.328 e. The molecule has 1 aliphatic heterocycles. The number of benzene rings is 3. The Balaban J connectivity index is 0.00000135. The number of halogens is 3. The first-order valence-corrected chi connectivity index (χ1v) is 15.5. The molecule has 43 heavy (non-hydrogen) atoms. The average Bonchev–Trinajstić information content (AvgIpc) is 3.29. The number of anilines is 2. The fourth-order valence-corrected chi connectivity index (χ4v) is 6.87. The summed E-state index contributed by atoms with van der Waals surface area (Å²) in [7, 11) is 0. The van der Waals surface area contributed by atoms with Crippen LogP contribution in [0.15, 0.2) is 60.7 Å². The van der Waals surface area contributed by atoms with Gasteiger partial charge >= 0.3 is 0 Å². The van der Waals surface area contributed by atoms with Gasteiger partial charge in [0.2, 0.25) is 12.3 Å². The van der Waals surface area contributed by atoms with Gasteiger partial charge in [-0.2, -0.15) is 0 Å². The first kappa shape index (κ1) is 32.6. The number of carbonyl (C=O) groups excluding carboxylic acids is 3. The highest BCUT2D eigenvalue weighted by Crippen LogP contribution is 2.56. The maximum absolute atomic E-state index is 15.8. The second-order valence-electron chi connectivity index (χ2n) is 11.3. The van der Waals surface area contributed by atoms with Gasteiger partial charge in [-0.15, -0.1) is 0 Å². The summed E-state index contributed by atoms with van der Waals surface area (Å²) >= 11 is 12.6. The molecule has 3 atom stereocenters. The van der Waals surface area contributed by atoms with Crippen molar-refractivity contribution in [3.8, 4) is 0 Å².